The lowest BCUT2D eigenvalue weighted by Crippen LogP contribution is -2.19. The molecule has 18 heavy (non-hydrogen) atoms. The van der Waals surface area contributed by atoms with Crippen LogP contribution in [0.4, 0.5) is 5.69 Å². The van der Waals surface area contributed by atoms with E-state index in [9.17, 15) is 9.59 Å². The number of hydrogen-bond donors (Lipinski definition) is 1. The monoisotopic (exact) mass is 261 g/mol. The molecule has 3 rings (SSSR count). The molecule has 0 unspecified atom stereocenters. The van der Waals surface area contributed by atoms with Crippen LogP contribution in [0.2, 0.25) is 0 Å². The fraction of sp³-hybridized carbons (Fsp3) is 0.429. The maximum atomic E-state index is 11.4. The van der Waals surface area contributed by atoms with Crippen LogP contribution in [-0.2, 0) is 9.59 Å². The predicted molar refractivity (Wildman–Crippen MR) is 72.0 cm³/mol. The highest BCUT2D eigenvalue weighted by atomic mass is 32.2. The minimum Gasteiger partial charge on any atom is -0.324 e. The number of rotatable bonds is 1. The van der Waals surface area contributed by atoms with Gasteiger partial charge in [-0.2, -0.15) is 0 Å². The third-order valence-electron chi connectivity index (χ3n) is 3.65. The van der Waals surface area contributed by atoms with Gasteiger partial charge in [-0.15, -0.1) is 11.8 Å². The van der Waals surface area contributed by atoms with E-state index in [0.29, 0.717) is 30.3 Å². The first-order valence-electron chi connectivity index (χ1n) is 6.30. The van der Waals surface area contributed by atoms with Gasteiger partial charge in [0.1, 0.15) is 5.78 Å². The number of fused-ring (bicyclic) bond motifs is 1. The summed E-state index contributed by atoms with van der Waals surface area (Å²) in [5.41, 5.74) is 2.19. The van der Waals surface area contributed by atoms with Gasteiger partial charge in [-0.3, -0.25) is 9.59 Å². The first-order valence-corrected chi connectivity index (χ1v) is 7.29. The molecule has 0 atom stereocenters. The van der Waals surface area contributed by atoms with Gasteiger partial charge in [0, 0.05) is 17.7 Å². The summed E-state index contributed by atoms with van der Waals surface area (Å²) in [6.07, 6.45) is 3.28. The SMILES string of the molecule is O=C1CCC(c2ccc3c(c2)NC(=O)CS3)CC1. The zero-order valence-corrected chi connectivity index (χ0v) is 10.9. The summed E-state index contributed by atoms with van der Waals surface area (Å²) in [6.45, 7) is 0. The third kappa shape index (κ3) is 2.29. The predicted octanol–water partition coefficient (Wildman–Crippen LogP) is 2.96. The molecule has 1 aromatic carbocycles. The number of amides is 1. The van der Waals surface area contributed by atoms with E-state index in [1.165, 1.54) is 5.56 Å². The van der Waals surface area contributed by atoms with Crippen molar-refractivity contribution in [2.75, 3.05) is 11.1 Å². The molecule has 1 heterocycles. The van der Waals surface area contributed by atoms with E-state index in [1.54, 1.807) is 11.8 Å². The normalized spacial score (nSPS) is 20.4. The molecule has 0 radical (unpaired) electrons. The fourth-order valence-electron chi connectivity index (χ4n) is 2.63. The lowest BCUT2D eigenvalue weighted by Gasteiger charge is -2.23. The van der Waals surface area contributed by atoms with E-state index in [1.807, 2.05) is 0 Å². The first kappa shape index (κ1) is 11.8. The number of Topliss-reactive ketones (excluding diaryl/α,β-unsaturated/α-hetero) is 1. The van der Waals surface area contributed by atoms with Gasteiger partial charge in [0.2, 0.25) is 5.91 Å². The molecule has 1 N–H and O–H groups in total. The van der Waals surface area contributed by atoms with Gasteiger partial charge in [0.05, 0.1) is 11.4 Å². The van der Waals surface area contributed by atoms with E-state index < -0.39 is 0 Å². The van der Waals surface area contributed by atoms with Gasteiger partial charge in [-0.05, 0) is 36.5 Å². The van der Waals surface area contributed by atoms with Gasteiger partial charge in [0.15, 0.2) is 0 Å². The van der Waals surface area contributed by atoms with E-state index in [4.69, 9.17) is 0 Å². The molecule has 1 aliphatic carbocycles. The number of benzene rings is 1. The zero-order chi connectivity index (χ0) is 12.5. The quantitative estimate of drug-likeness (QED) is 0.845. The summed E-state index contributed by atoms with van der Waals surface area (Å²) in [7, 11) is 0. The number of anilines is 1. The van der Waals surface area contributed by atoms with Crippen LogP contribution in [-0.4, -0.2) is 17.4 Å². The molecule has 3 nitrogen and oxygen atoms in total. The maximum Gasteiger partial charge on any atom is 0.234 e. The number of carbonyl (C=O) groups excluding carboxylic acids is 2. The molecule has 0 aromatic heterocycles. The second kappa shape index (κ2) is 4.76. The number of hydrogen-bond acceptors (Lipinski definition) is 3. The standard InChI is InChI=1S/C14H15NO2S/c16-11-4-1-9(2-5-11)10-3-6-13-12(7-10)15-14(17)8-18-13/h3,6-7,9H,1-2,4-5,8H2,(H,15,17). The van der Waals surface area contributed by atoms with Gasteiger partial charge < -0.3 is 5.32 Å². The van der Waals surface area contributed by atoms with Gasteiger partial charge >= 0.3 is 0 Å². The summed E-state index contributed by atoms with van der Waals surface area (Å²) in [6, 6.07) is 6.31. The molecule has 94 valence electrons. The maximum absolute atomic E-state index is 11.4. The molecule has 1 fully saturated rings. The number of carbonyl (C=O) groups is 2. The number of thioether (sulfide) groups is 1. The van der Waals surface area contributed by atoms with Crippen molar-refractivity contribution in [3.8, 4) is 0 Å². The fourth-order valence-corrected chi connectivity index (χ4v) is 3.42. The van der Waals surface area contributed by atoms with Crippen LogP contribution in [0.1, 0.15) is 37.2 Å². The van der Waals surface area contributed by atoms with Crippen LogP contribution in [0.3, 0.4) is 0 Å². The molecule has 2 aliphatic rings. The topological polar surface area (TPSA) is 46.2 Å². The Hall–Kier alpha value is -1.29. The summed E-state index contributed by atoms with van der Waals surface area (Å²) in [5.74, 6) is 1.43. The molecule has 1 amide bonds. The van der Waals surface area contributed by atoms with Crippen molar-refractivity contribution in [3.05, 3.63) is 23.8 Å². The van der Waals surface area contributed by atoms with E-state index in [0.717, 1.165) is 23.4 Å². The second-order valence-corrected chi connectivity index (χ2v) is 5.92. The molecule has 1 saturated carbocycles. The first-order chi connectivity index (χ1) is 8.72. The lowest BCUT2D eigenvalue weighted by atomic mass is 9.83. The Bertz CT molecular complexity index is 503. The van der Waals surface area contributed by atoms with Crippen molar-refractivity contribution in [2.45, 2.75) is 36.5 Å². The Morgan fingerprint density at radius 3 is 2.72 bits per heavy atom. The summed E-state index contributed by atoms with van der Waals surface area (Å²) < 4.78 is 0. The highest BCUT2D eigenvalue weighted by Gasteiger charge is 2.22. The van der Waals surface area contributed by atoms with Gasteiger partial charge in [0.25, 0.3) is 0 Å². The zero-order valence-electron chi connectivity index (χ0n) is 10.1. The van der Waals surface area contributed by atoms with Crippen LogP contribution in [0.5, 0.6) is 0 Å². The molecule has 0 bridgehead atoms. The molecule has 1 aromatic rings. The summed E-state index contributed by atoms with van der Waals surface area (Å²) in [4.78, 5) is 23.8. The summed E-state index contributed by atoms with van der Waals surface area (Å²) in [5, 5.41) is 2.92. The molecule has 4 heteroatoms. The van der Waals surface area contributed by atoms with Crippen molar-refractivity contribution in [1.82, 2.24) is 0 Å². The van der Waals surface area contributed by atoms with Crippen LogP contribution in [0, 0.1) is 0 Å². The number of nitrogens with one attached hydrogen (secondary N) is 1. The Kier molecular flexibility index (Phi) is 3.12. The minimum absolute atomic E-state index is 0.0727. The molecule has 0 spiro atoms. The highest BCUT2D eigenvalue weighted by Crippen LogP contribution is 2.37. The van der Waals surface area contributed by atoms with Crippen molar-refractivity contribution in [1.29, 1.82) is 0 Å². The van der Waals surface area contributed by atoms with E-state index in [2.05, 4.69) is 23.5 Å². The van der Waals surface area contributed by atoms with E-state index in [-0.39, 0.29) is 5.91 Å². The van der Waals surface area contributed by atoms with Crippen LogP contribution < -0.4 is 5.32 Å². The van der Waals surface area contributed by atoms with Crippen molar-refractivity contribution in [3.63, 3.8) is 0 Å². The molecule has 0 saturated heterocycles. The van der Waals surface area contributed by atoms with Crippen molar-refractivity contribution < 1.29 is 9.59 Å². The second-order valence-electron chi connectivity index (χ2n) is 4.91. The average Bonchev–Trinajstić information content (AvgIpc) is 2.38. The number of ketones is 1. The molecular formula is C14H15NO2S. The average molecular weight is 261 g/mol. The Morgan fingerprint density at radius 1 is 1.17 bits per heavy atom. The van der Waals surface area contributed by atoms with Crippen molar-refractivity contribution in [2.24, 2.45) is 0 Å². The minimum atomic E-state index is 0.0727. The molecular weight excluding hydrogens is 246 g/mol. The highest BCUT2D eigenvalue weighted by molar-refractivity contribution is 8.00. The lowest BCUT2D eigenvalue weighted by molar-refractivity contribution is -0.120. The van der Waals surface area contributed by atoms with Gasteiger partial charge in [-0.1, -0.05) is 6.07 Å². The Labute approximate surface area is 110 Å². The molecule has 1 aliphatic heterocycles. The van der Waals surface area contributed by atoms with Gasteiger partial charge in [-0.25, -0.2) is 0 Å². The van der Waals surface area contributed by atoms with Crippen molar-refractivity contribution >= 4 is 29.1 Å². The van der Waals surface area contributed by atoms with Crippen LogP contribution in [0.15, 0.2) is 23.1 Å². The smallest absolute Gasteiger partial charge is 0.234 e. The van der Waals surface area contributed by atoms with Crippen LogP contribution >= 0.6 is 11.8 Å². The Balaban J connectivity index is 1.83. The summed E-state index contributed by atoms with van der Waals surface area (Å²) >= 11 is 1.59. The van der Waals surface area contributed by atoms with Crippen LogP contribution in [0.25, 0.3) is 0 Å². The van der Waals surface area contributed by atoms with E-state index >= 15 is 0 Å². The Morgan fingerprint density at radius 2 is 1.94 bits per heavy atom. The third-order valence-corrected chi connectivity index (χ3v) is 4.72. The largest absolute Gasteiger partial charge is 0.324 e.